The van der Waals surface area contributed by atoms with E-state index in [0.29, 0.717) is 40.8 Å². The van der Waals surface area contributed by atoms with Gasteiger partial charge in [0.05, 0.1) is 36.0 Å². The number of aromatic nitrogens is 2. The molecular weight excluding hydrogens is 625 g/mol. The van der Waals surface area contributed by atoms with Crippen molar-refractivity contribution in [3.63, 3.8) is 0 Å². The molecule has 0 spiro atoms. The van der Waals surface area contributed by atoms with Gasteiger partial charge in [-0.1, -0.05) is 31.0 Å². The summed E-state index contributed by atoms with van der Waals surface area (Å²) in [5, 5.41) is 6.86. The first kappa shape index (κ1) is 36.6. The van der Waals surface area contributed by atoms with E-state index in [1.807, 2.05) is 24.0 Å². The molecule has 1 amide bonds. The zero-order chi connectivity index (χ0) is 33.4. The van der Waals surface area contributed by atoms with Crippen molar-refractivity contribution in [2.24, 2.45) is 0 Å². The number of benzene rings is 2. The van der Waals surface area contributed by atoms with E-state index >= 15 is 0 Å². The SMILES string of the molecule is CCCOCC.COc1cc2ncnc(Nc3cccc(Cl)c3F)c2cc1OC1CCCCC1.O=C1CNCCN1C1CCOCC1. The van der Waals surface area contributed by atoms with Crippen molar-refractivity contribution in [1.29, 1.82) is 0 Å². The molecule has 1 saturated carbocycles. The number of halogens is 2. The van der Waals surface area contributed by atoms with Crippen LogP contribution in [0.2, 0.25) is 5.02 Å². The third-order valence-corrected chi connectivity index (χ3v) is 8.57. The number of fused-ring (bicyclic) bond motifs is 1. The number of hydrogen-bond donors (Lipinski definition) is 2. The number of ether oxygens (including phenoxy) is 4. The van der Waals surface area contributed by atoms with E-state index in [4.69, 9.17) is 30.5 Å². The molecule has 2 aromatic carbocycles. The van der Waals surface area contributed by atoms with E-state index in [-0.39, 0.29) is 22.7 Å². The van der Waals surface area contributed by atoms with Crippen LogP contribution in [0.3, 0.4) is 0 Å². The normalized spacial score (nSPS) is 17.3. The van der Waals surface area contributed by atoms with Gasteiger partial charge in [-0.05, 0) is 70.1 Å². The van der Waals surface area contributed by atoms with Crippen LogP contribution in [-0.2, 0) is 14.3 Å². The number of piperazine rings is 1. The topological polar surface area (TPSA) is 107 Å². The van der Waals surface area contributed by atoms with Gasteiger partial charge >= 0.3 is 0 Å². The molecule has 3 aliphatic rings. The zero-order valence-corrected chi connectivity index (χ0v) is 28.6. The Balaban J connectivity index is 0.000000217. The average Bonchev–Trinajstić information content (AvgIpc) is 3.11. The summed E-state index contributed by atoms with van der Waals surface area (Å²) in [7, 11) is 1.61. The fourth-order valence-electron chi connectivity index (χ4n) is 5.80. The Kier molecular flexibility index (Phi) is 15.2. The third-order valence-electron chi connectivity index (χ3n) is 8.28. The van der Waals surface area contributed by atoms with Crippen LogP contribution >= 0.6 is 11.6 Å². The molecule has 47 heavy (non-hydrogen) atoms. The number of carbonyl (C=O) groups excluding carboxylic acids is 1. The molecule has 3 aromatic rings. The van der Waals surface area contributed by atoms with Crippen molar-refractivity contribution >= 4 is 39.9 Å². The number of carbonyl (C=O) groups is 1. The van der Waals surface area contributed by atoms with Gasteiger partial charge in [-0.25, -0.2) is 14.4 Å². The first-order valence-corrected chi connectivity index (χ1v) is 17.2. The molecule has 0 radical (unpaired) electrons. The second-order valence-corrected chi connectivity index (χ2v) is 12.1. The summed E-state index contributed by atoms with van der Waals surface area (Å²) in [6, 6.07) is 8.89. The molecule has 3 fully saturated rings. The van der Waals surface area contributed by atoms with Crippen molar-refractivity contribution < 1.29 is 28.1 Å². The Labute approximate surface area is 282 Å². The highest BCUT2D eigenvalue weighted by atomic mass is 35.5. The second-order valence-electron chi connectivity index (χ2n) is 11.7. The fourth-order valence-corrected chi connectivity index (χ4v) is 5.97. The fraction of sp³-hybridized carbons (Fsp3) is 0.571. The summed E-state index contributed by atoms with van der Waals surface area (Å²) in [4.78, 5) is 22.1. The lowest BCUT2D eigenvalue weighted by molar-refractivity contribution is -0.136. The Morgan fingerprint density at radius 1 is 1.09 bits per heavy atom. The third kappa shape index (κ3) is 10.9. The number of methoxy groups -OCH3 is 1. The lowest BCUT2D eigenvalue weighted by atomic mass is 9.98. The average molecular weight is 674 g/mol. The quantitative estimate of drug-likeness (QED) is 0.234. The van der Waals surface area contributed by atoms with Crippen molar-refractivity contribution in [3.05, 3.63) is 47.5 Å². The monoisotopic (exact) mass is 673 g/mol. The summed E-state index contributed by atoms with van der Waals surface area (Å²) >= 11 is 5.89. The molecule has 3 heterocycles. The summed E-state index contributed by atoms with van der Waals surface area (Å²) in [5.74, 6) is 1.46. The number of nitrogens with one attached hydrogen (secondary N) is 2. The molecular formula is C35H49ClFN5O5. The van der Waals surface area contributed by atoms with E-state index in [9.17, 15) is 9.18 Å². The number of rotatable bonds is 9. The zero-order valence-electron chi connectivity index (χ0n) is 27.9. The molecule has 1 aliphatic carbocycles. The molecule has 6 rings (SSSR count). The predicted molar refractivity (Wildman–Crippen MR) is 183 cm³/mol. The largest absolute Gasteiger partial charge is 0.493 e. The van der Waals surface area contributed by atoms with Crippen molar-refractivity contribution in [1.82, 2.24) is 20.2 Å². The smallest absolute Gasteiger partial charge is 0.236 e. The minimum Gasteiger partial charge on any atom is -0.493 e. The van der Waals surface area contributed by atoms with Crippen molar-refractivity contribution in [2.45, 2.75) is 77.4 Å². The highest BCUT2D eigenvalue weighted by molar-refractivity contribution is 6.31. The maximum atomic E-state index is 14.3. The Morgan fingerprint density at radius 2 is 1.87 bits per heavy atom. The first-order chi connectivity index (χ1) is 22.9. The molecule has 0 bridgehead atoms. The molecule has 12 heteroatoms. The maximum Gasteiger partial charge on any atom is 0.236 e. The molecule has 2 aliphatic heterocycles. The molecule has 258 valence electrons. The van der Waals surface area contributed by atoms with Crippen molar-refractivity contribution in [3.8, 4) is 11.5 Å². The molecule has 2 saturated heterocycles. The van der Waals surface area contributed by atoms with Gasteiger partial charge in [-0.15, -0.1) is 0 Å². The van der Waals surface area contributed by atoms with Gasteiger partial charge in [0.25, 0.3) is 0 Å². The second kappa shape index (κ2) is 19.5. The number of anilines is 2. The van der Waals surface area contributed by atoms with Gasteiger partial charge in [0, 0.05) is 57.0 Å². The lowest BCUT2D eigenvalue weighted by Crippen LogP contribution is -2.53. The minimum absolute atomic E-state index is 0.0475. The van der Waals surface area contributed by atoms with Crippen LogP contribution in [0.4, 0.5) is 15.9 Å². The molecule has 2 N–H and O–H groups in total. The van der Waals surface area contributed by atoms with E-state index in [2.05, 4.69) is 27.5 Å². The Bertz CT molecular complexity index is 1400. The summed E-state index contributed by atoms with van der Waals surface area (Å²) < 4.78 is 36.3. The van der Waals surface area contributed by atoms with Gasteiger partial charge in [0.15, 0.2) is 17.3 Å². The van der Waals surface area contributed by atoms with Crippen LogP contribution in [0.5, 0.6) is 11.5 Å². The highest BCUT2D eigenvalue weighted by Crippen LogP contribution is 2.37. The van der Waals surface area contributed by atoms with Crippen LogP contribution in [0.15, 0.2) is 36.7 Å². The number of hydrogen-bond acceptors (Lipinski definition) is 9. The van der Waals surface area contributed by atoms with E-state index in [1.54, 1.807) is 19.2 Å². The van der Waals surface area contributed by atoms with Crippen LogP contribution in [0.25, 0.3) is 10.9 Å². The highest BCUT2D eigenvalue weighted by Gasteiger charge is 2.27. The summed E-state index contributed by atoms with van der Waals surface area (Å²) in [6.07, 6.45) is 10.4. The van der Waals surface area contributed by atoms with Crippen LogP contribution in [-0.4, -0.2) is 86.1 Å². The summed E-state index contributed by atoms with van der Waals surface area (Å²) in [6.45, 7) is 9.81. The van der Waals surface area contributed by atoms with Crippen LogP contribution in [0, 0.1) is 5.82 Å². The van der Waals surface area contributed by atoms with Gasteiger partial charge in [-0.3, -0.25) is 4.79 Å². The first-order valence-electron chi connectivity index (χ1n) is 16.8. The van der Waals surface area contributed by atoms with Gasteiger partial charge in [0.1, 0.15) is 12.1 Å². The van der Waals surface area contributed by atoms with E-state index < -0.39 is 5.82 Å². The number of amides is 1. The molecule has 10 nitrogen and oxygen atoms in total. The summed E-state index contributed by atoms with van der Waals surface area (Å²) in [5.41, 5.74) is 0.922. The predicted octanol–water partition coefficient (Wildman–Crippen LogP) is 6.92. The van der Waals surface area contributed by atoms with E-state index in [1.165, 1.54) is 31.7 Å². The van der Waals surface area contributed by atoms with Crippen LogP contribution < -0.4 is 20.1 Å². The maximum absolute atomic E-state index is 14.3. The molecule has 0 atom stereocenters. The van der Waals surface area contributed by atoms with Crippen molar-refractivity contribution in [2.75, 3.05) is 58.5 Å². The Hall–Kier alpha value is -3.25. The molecule has 1 aromatic heterocycles. The van der Waals surface area contributed by atoms with Gasteiger partial charge in [0.2, 0.25) is 5.91 Å². The van der Waals surface area contributed by atoms with Crippen LogP contribution in [0.1, 0.15) is 65.2 Å². The number of nitrogens with zero attached hydrogens (tertiary/aromatic N) is 3. The lowest BCUT2D eigenvalue weighted by Gasteiger charge is -2.36. The van der Waals surface area contributed by atoms with E-state index in [0.717, 1.165) is 71.6 Å². The molecule has 0 unspecified atom stereocenters. The standard InChI is InChI=1S/C21H21ClFN3O2.C9H16N2O2.C5H12O/c1-27-18-11-17-14(10-19(18)28-13-6-3-2-4-7-13)21(25-12-24-17)26-16-9-5-8-15(22)20(16)23;12-9-7-10-3-4-11(9)8-1-5-13-6-2-8;1-3-5-6-4-2/h5,8-13H,2-4,6-7H2,1H3,(H,24,25,26);8,10H,1-7H2;3-5H2,1-2H3. The Morgan fingerprint density at radius 3 is 2.55 bits per heavy atom. The minimum atomic E-state index is -0.525. The van der Waals surface area contributed by atoms with Gasteiger partial charge in [-0.2, -0.15) is 0 Å². The van der Waals surface area contributed by atoms with Gasteiger partial charge < -0.3 is 34.5 Å².